The number of primary amides is 1. The third kappa shape index (κ3) is 3.16. The van der Waals surface area contributed by atoms with Gasteiger partial charge in [-0.2, -0.15) is 16.6 Å². The van der Waals surface area contributed by atoms with Gasteiger partial charge in [0, 0.05) is 12.3 Å². The van der Waals surface area contributed by atoms with Crippen molar-refractivity contribution in [3.8, 4) is 6.07 Å². The zero-order valence-corrected chi connectivity index (χ0v) is 11.5. The first-order valence-electron chi connectivity index (χ1n) is 5.49. The molecule has 2 rings (SSSR count). The Morgan fingerprint density at radius 2 is 2.47 bits per heavy atom. The van der Waals surface area contributed by atoms with Crippen molar-refractivity contribution in [2.45, 2.75) is 12.3 Å². The van der Waals surface area contributed by atoms with Crippen molar-refractivity contribution in [1.82, 2.24) is 5.32 Å². The summed E-state index contributed by atoms with van der Waals surface area (Å²) in [6.07, 6.45) is 0.250. The molecule has 0 aromatic carbocycles. The summed E-state index contributed by atoms with van der Waals surface area (Å²) in [5, 5.41) is 16.2. The molecule has 0 bridgehead atoms. The van der Waals surface area contributed by atoms with Crippen molar-refractivity contribution in [3.63, 3.8) is 0 Å². The van der Waals surface area contributed by atoms with Gasteiger partial charge < -0.3 is 11.1 Å². The minimum Gasteiger partial charge on any atom is -0.369 e. The molecule has 7 heteroatoms. The highest BCUT2D eigenvalue weighted by molar-refractivity contribution is 8.03. The van der Waals surface area contributed by atoms with E-state index in [9.17, 15) is 14.9 Å². The molecular formula is C12H11N3O2S2. The Hall–Kier alpha value is -1.78. The number of amides is 2. The van der Waals surface area contributed by atoms with Gasteiger partial charge in [0.05, 0.1) is 22.4 Å². The van der Waals surface area contributed by atoms with Crippen molar-refractivity contribution in [3.05, 3.63) is 33.0 Å². The van der Waals surface area contributed by atoms with E-state index in [1.807, 2.05) is 16.8 Å². The predicted molar refractivity (Wildman–Crippen MR) is 74.1 cm³/mol. The summed E-state index contributed by atoms with van der Waals surface area (Å²) >= 11 is 2.62. The second kappa shape index (κ2) is 5.91. The van der Waals surface area contributed by atoms with Gasteiger partial charge in [0.15, 0.2) is 0 Å². The number of nitrogens with zero attached hydrogens (tertiary/aromatic N) is 1. The van der Waals surface area contributed by atoms with Gasteiger partial charge in [-0.25, -0.2) is 0 Å². The van der Waals surface area contributed by atoms with Crippen LogP contribution in [0, 0.1) is 11.3 Å². The van der Waals surface area contributed by atoms with Gasteiger partial charge in [0.2, 0.25) is 11.8 Å². The number of rotatable bonds is 4. The van der Waals surface area contributed by atoms with Gasteiger partial charge in [0.25, 0.3) is 0 Å². The van der Waals surface area contributed by atoms with E-state index in [4.69, 9.17) is 5.73 Å². The Balaban J connectivity index is 2.33. The smallest absolute Gasteiger partial charge is 0.227 e. The molecule has 1 aromatic heterocycles. The molecule has 0 spiro atoms. The van der Waals surface area contributed by atoms with Crippen LogP contribution in [0.4, 0.5) is 0 Å². The Kier molecular flexibility index (Phi) is 4.24. The highest BCUT2D eigenvalue weighted by Gasteiger charge is 2.29. The van der Waals surface area contributed by atoms with Crippen LogP contribution in [0.25, 0.3) is 0 Å². The SMILES string of the molecule is N#CC1=C(SCC(N)=O)NC(=O)C[C@@H]1c1ccsc1. The summed E-state index contributed by atoms with van der Waals surface area (Å²) in [6.45, 7) is 0. The molecule has 19 heavy (non-hydrogen) atoms. The van der Waals surface area contributed by atoms with E-state index >= 15 is 0 Å². The standard InChI is InChI=1S/C12H11N3O2S2/c13-4-9-8(7-1-2-18-5-7)3-11(17)15-12(9)19-6-10(14)16/h1-2,5,8H,3,6H2,(H2,14,16)(H,15,17)/t8-/m1/s1. The van der Waals surface area contributed by atoms with Crippen LogP contribution in [0.5, 0.6) is 0 Å². The Labute approximate surface area is 118 Å². The molecule has 0 radical (unpaired) electrons. The lowest BCUT2D eigenvalue weighted by atomic mass is 9.89. The van der Waals surface area contributed by atoms with Gasteiger partial charge in [-0.1, -0.05) is 11.8 Å². The number of allylic oxidation sites excluding steroid dienone is 1. The molecule has 98 valence electrons. The average molecular weight is 293 g/mol. The molecule has 1 aliphatic heterocycles. The monoisotopic (exact) mass is 293 g/mol. The van der Waals surface area contributed by atoms with Crippen molar-refractivity contribution in [1.29, 1.82) is 5.26 Å². The molecule has 2 amide bonds. The van der Waals surface area contributed by atoms with Gasteiger partial charge in [0.1, 0.15) is 0 Å². The molecule has 2 heterocycles. The van der Waals surface area contributed by atoms with E-state index in [0.29, 0.717) is 10.6 Å². The normalized spacial score (nSPS) is 18.9. The fraction of sp³-hybridized carbons (Fsp3) is 0.250. The maximum atomic E-state index is 11.7. The summed E-state index contributed by atoms with van der Waals surface area (Å²) in [6, 6.07) is 4.04. The summed E-state index contributed by atoms with van der Waals surface area (Å²) in [5.74, 6) is -0.832. The maximum absolute atomic E-state index is 11.7. The molecule has 0 saturated heterocycles. The number of hydrogen-bond donors (Lipinski definition) is 2. The minimum atomic E-state index is -0.485. The zero-order valence-electron chi connectivity index (χ0n) is 9.88. The highest BCUT2D eigenvalue weighted by atomic mass is 32.2. The van der Waals surface area contributed by atoms with Crippen molar-refractivity contribution in [2.75, 3.05) is 5.75 Å². The van der Waals surface area contributed by atoms with Crippen LogP contribution in [0.2, 0.25) is 0 Å². The van der Waals surface area contributed by atoms with Gasteiger partial charge in [-0.3, -0.25) is 9.59 Å². The Morgan fingerprint density at radius 1 is 1.68 bits per heavy atom. The van der Waals surface area contributed by atoms with E-state index in [-0.39, 0.29) is 24.0 Å². The number of nitrogens with one attached hydrogen (secondary N) is 1. The summed E-state index contributed by atoms with van der Waals surface area (Å²) in [7, 11) is 0. The summed E-state index contributed by atoms with van der Waals surface area (Å²) < 4.78 is 0. The van der Waals surface area contributed by atoms with E-state index in [0.717, 1.165) is 17.3 Å². The second-order valence-corrected chi connectivity index (χ2v) is 5.74. The fourth-order valence-electron chi connectivity index (χ4n) is 1.83. The first-order chi connectivity index (χ1) is 9.11. The Bertz CT molecular complexity index is 572. The maximum Gasteiger partial charge on any atom is 0.227 e. The third-order valence-corrected chi connectivity index (χ3v) is 4.40. The molecule has 3 N–H and O–H groups in total. The number of thiophene rings is 1. The number of carbonyl (C=O) groups is 2. The number of carbonyl (C=O) groups excluding carboxylic acids is 2. The van der Waals surface area contributed by atoms with Crippen molar-refractivity contribution in [2.24, 2.45) is 5.73 Å². The summed E-state index contributed by atoms with van der Waals surface area (Å²) in [5.41, 5.74) is 6.53. The van der Waals surface area contributed by atoms with E-state index in [2.05, 4.69) is 11.4 Å². The molecule has 5 nitrogen and oxygen atoms in total. The first kappa shape index (κ1) is 13.6. The van der Waals surface area contributed by atoms with Crippen LogP contribution in [0.1, 0.15) is 17.9 Å². The van der Waals surface area contributed by atoms with Crippen LogP contribution in [0.15, 0.2) is 27.4 Å². The lowest BCUT2D eigenvalue weighted by molar-refractivity contribution is -0.121. The fourth-order valence-corrected chi connectivity index (χ4v) is 3.36. The van der Waals surface area contributed by atoms with Crippen molar-refractivity contribution < 1.29 is 9.59 Å². The molecule has 1 aromatic rings. The highest BCUT2D eigenvalue weighted by Crippen LogP contribution is 2.36. The number of nitriles is 1. The lowest BCUT2D eigenvalue weighted by Crippen LogP contribution is -2.31. The lowest BCUT2D eigenvalue weighted by Gasteiger charge is -2.23. The zero-order chi connectivity index (χ0) is 13.8. The molecule has 0 aliphatic carbocycles. The van der Waals surface area contributed by atoms with Crippen LogP contribution in [-0.2, 0) is 9.59 Å². The Morgan fingerprint density at radius 3 is 3.05 bits per heavy atom. The third-order valence-electron chi connectivity index (χ3n) is 2.66. The van der Waals surface area contributed by atoms with Crippen LogP contribution < -0.4 is 11.1 Å². The quantitative estimate of drug-likeness (QED) is 0.874. The van der Waals surface area contributed by atoms with Gasteiger partial charge >= 0.3 is 0 Å². The van der Waals surface area contributed by atoms with Crippen LogP contribution in [-0.4, -0.2) is 17.6 Å². The summed E-state index contributed by atoms with van der Waals surface area (Å²) in [4.78, 5) is 22.5. The van der Waals surface area contributed by atoms with Crippen molar-refractivity contribution >= 4 is 34.9 Å². The van der Waals surface area contributed by atoms with E-state index < -0.39 is 5.91 Å². The number of thioether (sulfide) groups is 1. The first-order valence-corrected chi connectivity index (χ1v) is 7.42. The molecule has 0 unspecified atom stereocenters. The number of nitrogens with two attached hydrogens (primary N) is 1. The number of hydrogen-bond acceptors (Lipinski definition) is 5. The molecule has 0 saturated carbocycles. The van der Waals surface area contributed by atoms with Crippen LogP contribution in [0.3, 0.4) is 0 Å². The predicted octanol–water partition coefficient (Wildman–Crippen LogP) is 1.31. The largest absolute Gasteiger partial charge is 0.369 e. The van der Waals surface area contributed by atoms with Gasteiger partial charge in [-0.05, 0) is 22.4 Å². The van der Waals surface area contributed by atoms with E-state index in [1.54, 1.807) is 0 Å². The average Bonchev–Trinajstić information content (AvgIpc) is 2.89. The molecule has 0 fully saturated rings. The topological polar surface area (TPSA) is 96.0 Å². The minimum absolute atomic E-state index is 0.0388. The molecule has 1 atom stereocenters. The molecular weight excluding hydrogens is 282 g/mol. The molecule has 1 aliphatic rings. The van der Waals surface area contributed by atoms with Gasteiger partial charge in [-0.15, -0.1) is 0 Å². The van der Waals surface area contributed by atoms with E-state index in [1.165, 1.54) is 11.3 Å². The second-order valence-electron chi connectivity index (χ2n) is 3.97. The van der Waals surface area contributed by atoms with Crippen LogP contribution >= 0.6 is 23.1 Å².